The maximum Gasteiger partial charge on any atom is 0.0714 e. The van der Waals surface area contributed by atoms with Crippen LogP contribution in [0.15, 0.2) is 66.9 Å². The van der Waals surface area contributed by atoms with Gasteiger partial charge in [-0.15, -0.1) is 0 Å². The highest BCUT2D eigenvalue weighted by Crippen LogP contribution is 2.33. The third kappa shape index (κ3) is 1.31. The fourth-order valence-electron chi connectivity index (χ4n) is 2.54. The number of hydrogen-bond acceptors (Lipinski definition) is 1. The molecule has 0 N–H and O–H groups in total. The van der Waals surface area contributed by atoms with Crippen LogP contribution in [-0.2, 0) is 0 Å². The molecular formula is C17H11N. The molecule has 0 spiro atoms. The van der Waals surface area contributed by atoms with Gasteiger partial charge in [0.1, 0.15) is 0 Å². The van der Waals surface area contributed by atoms with E-state index in [0.717, 1.165) is 5.69 Å². The number of aromatic nitrogens is 1. The van der Waals surface area contributed by atoms with Crippen molar-refractivity contribution in [2.75, 3.05) is 0 Å². The standard InChI is InChI=1S/C17H11N/c1-2-7-14-11-18-17-10-13-6-3-4-8-15(13)16(17)9-12(14)5-1/h1-11H. The molecular weight excluding hydrogens is 218 g/mol. The maximum absolute atomic E-state index is 4.61. The van der Waals surface area contributed by atoms with E-state index in [1.54, 1.807) is 0 Å². The molecule has 1 heterocycles. The lowest BCUT2D eigenvalue weighted by Gasteiger charge is -1.93. The van der Waals surface area contributed by atoms with E-state index in [0.29, 0.717) is 0 Å². The van der Waals surface area contributed by atoms with Gasteiger partial charge in [0.05, 0.1) is 5.69 Å². The Hall–Kier alpha value is -2.41. The minimum atomic E-state index is 1.06. The van der Waals surface area contributed by atoms with Gasteiger partial charge in [0, 0.05) is 11.8 Å². The van der Waals surface area contributed by atoms with Crippen molar-refractivity contribution in [3.63, 3.8) is 0 Å². The van der Waals surface area contributed by atoms with E-state index < -0.39 is 0 Å². The summed E-state index contributed by atoms with van der Waals surface area (Å²) in [6.45, 7) is 0. The highest BCUT2D eigenvalue weighted by molar-refractivity contribution is 6.03. The van der Waals surface area contributed by atoms with Crippen molar-refractivity contribution in [3.05, 3.63) is 66.9 Å². The third-order valence-corrected chi connectivity index (χ3v) is 3.46. The van der Waals surface area contributed by atoms with Gasteiger partial charge in [-0.2, -0.15) is 0 Å². The van der Waals surface area contributed by atoms with E-state index in [-0.39, 0.29) is 0 Å². The van der Waals surface area contributed by atoms with Crippen LogP contribution in [0, 0.1) is 0 Å². The zero-order chi connectivity index (χ0) is 11.9. The molecule has 4 rings (SSSR count). The summed E-state index contributed by atoms with van der Waals surface area (Å²) >= 11 is 0. The fourth-order valence-corrected chi connectivity index (χ4v) is 2.54. The molecule has 1 aliphatic heterocycles. The number of fused-ring (bicyclic) bond motifs is 4. The molecule has 1 heteroatoms. The van der Waals surface area contributed by atoms with E-state index >= 15 is 0 Å². The molecule has 0 atom stereocenters. The number of hydrogen-bond donors (Lipinski definition) is 0. The third-order valence-electron chi connectivity index (χ3n) is 3.46. The SMILES string of the molecule is c1ccc2cc3c4ccccc4cc-3ncc2c1. The van der Waals surface area contributed by atoms with E-state index in [2.05, 4.69) is 59.6 Å². The molecule has 1 aliphatic carbocycles. The highest BCUT2D eigenvalue weighted by atomic mass is 14.7. The molecule has 2 aromatic carbocycles. The molecule has 84 valence electrons. The smallest absolute Gasteiger partial charge is 0.0714 e. The minimum Gasteiger partial charge on any atom is -0.256 e. The first-order valence-electron chi connectivity index (χ1n) is 6.08. The van der Waals surface area contributed by atoms with Crippen LogP contribution < -0.4 is 0 Å². The molecule has 0 unspecified atom stereocenters. The average Bonchev–Trinajstić information content (AvgIpc) is 2.65. The lowest BCUT2D eigenvalue weighted by molar-refractivity contribution is 1.40. The Balaban J connectivity index is 2.23. The van der Waals surface area contributed by atoms with E-state index in [1.807, 2.05) is 12.3 Å². The second kappa shape index (κ2) is 3.54. The number of nitrogens with zero attached hydrogens (tertiary/aromatic N) is 1. The molecule has 18 heavy (non-hydrogen) atoms. The predicted molar refractivity (Wildman–Crippen MR) is 75.9 cm³/mol. The van der Waals surface area contributed by atoms with Crippen molar-refractivity contribution in [2.45, 2.75) is 0 Å². The van der Waals surface area contributed by atoms with Gasteiger partial charge in [-0.3, -0.25) is 4.98 Å². The Morgan fingerprint density at radius 3 is 2.28 bits per heavy atom. The molecule has 1 nitrogen and oxygen atoms in total. The largest absolute Gasteiger partial charge is 0.256 e. The summed E-state index contributed by atoms with van der Waals surface area (Å²) in [4.78, 5) is 4.61. The van der Waals surface area contributed by atoms with Gasteiger partial charge in [-0.05, 0) is 33.7 Å². The Bertz CT molecular complexity index is 827. The summed E-state index contributed by atoms with van der Waals surface area (Å²) in [7, 11) is 0. The van der Waals surface area contributed by atoms with Gasteiger partial charge in [0.25, 0.3) is 0 Å². The Labute approximate surface area is 105 Å². The number of benzene rings is 2. The van der Waals surface area contributed by atoms with Gasteiger partial charge in [0.15, 0.2) is 0 Å². The van der Waals surface area contributed by atoms with E-state index in [4.69, 9.17) is 0 Å². The Kier molecular flexibility index (Phi) is 1.89. The molecule has 0 saturated carbocycles. The summed E-state index contributed by atoms with van der Waals surface area (Å²) in [5.41, 5.74) is 2.29. The Morgan fingerprint density at radius 2 is 1.39 bits per heavy atom. The van der Waals surface area contributed by atoms with Crippen molar-refractivity contribution < 1.29 is 0 Å². The van der Waals surface area contributed by atoms with Crippen molar-refractivity contribution in [2.24, 2.45) is 0 Å². The summed E-state index contributed by atoms with van der Waals surface area (Å²) in [5, 5.41) is 4.95. The van der Waals surface area contributed by atoms with Crippen LogP contribution in [0.3, 0.4) is 0 Å². The maximum atomic E-state index is 4.61. The van der Waals surface area contributed by atoms with Crippen molar-refractivity contribution in [1.82, 2.24) is 4.98 Å². The molecule has 0 saturated heterocycles. The minimum absolute atomic E-state index is 1.06. The van der Waals surface area contributed by atoms with Crippen LogP contribution >= 0.6 is 0 Å². The second-order valence-corrected chi connectivity index (χ2v) is 4.56. The van der Waals surface area contributed by atoms with Crippen LogP contribution in [-0.4, -0.2) is 4.98 Å². The number of rotatable bonds is 0. The van der Waals surface area contributed by atoms with Gasteiger partial charge in [0.2, 0.25) is 0 Å². The van der Waals surface area contributed by atoms with E-state index in [9.17, 15) is 0 Å². The second-order valence-electron chi connectivity index (χ2n) is 4.56. The first-order valence-corrected chi connectivity index (χ1v) is 6.08. The molecule has 2 aliphatic rings. The zero-order valence-corrected chi connectivity index (χ0v) is 9.80. The molecule has 0 aromatic heterocycles. The predicted octanol–water partition coefficient (Wildman–Crippen LogP) is 4.49. The first-order chi connectivity index (χ1) is 8.92. The normalized spacial score (nSPS) is 11.3. The quantitative estimate of drug-likeness (QED) is 0.433. The summed E-state index contributed by atoms with van der Waals surface area (Å²) < 4.78 is 0. The summed E-state index contributed by atoms with van der Waals surface area (Å²) in [5.74, 6) is 0. The monoisotopic (exact) mass is 229 g/mol. The molecule has 2 aromatic rings. The zero-order valence-electron chi connectivity index (χ0n) is 9.80. The van der Waals surface area contributed by atoms with Crippen molar-refractivity contribution >= 4 is 21.5 Å². The first kappa shape index (κ1) is 9.60. The average molecular weight is 229 g/mol. The van der Waals surface area contributed by atoms with Crippen LogP contribution in [0.25, 0.3) is 32.8 Å². The molecule has 0 amide bonds. The molecule has 0 bridgehead atoms. The fraction of sp³-hybridized carbons (Fsp3) is 0. The van der Waals surface area contributed by atoms with Crippen molar-refractivity contribution in [3.8, 4) is 11.3 Å². The van der Waals surface area contributed by atoms with Crippen LogP contribution in [0.4, 0.5) is 0 Å². The topological polar surface area (TPSA) is 12.9 Å². The van der Waals surface area contributed by atoms with E-state index in [1.165, 1.54) is 27.1 Å². The van der Waals surface area contributed by atoms with Gasteiger partial charge < -0.3 is 0 Å². The van der Waals surface area contributed by atoms with Gasteiger partial charge in [-0.1, -0.05) is 48.5 Å². The Morgan fingerprint density at radius 1 is 0.667 bits per heavy atom. The van der Waals surface area contributed by atoms with Crippen LogP contribution in [0.1, 0.15) is 0 Å². The highest BCUT2D eigenvalue weighted by Gasteiger charge is 2.09. The lowest BCUT2D eigenvalue weighted by atomic mass is 10.1. The van der Waals surface area contributed by atoms with Crippen molar-refractivity contribution in [1.29, 1.82) is 0 Å². The summed E-state index contributed by atoms with van der Waals surface area (Å²) in [6, 6.07) is 21.2. The van der Waals surface area contributed by atoms with Crippen LogP contribution in [0.5, 0.6) is 0 Å². The van der Waals surface area contributed by atoms with Crippen LogP contribution in [0.2, 0.25) is 0 Å². The molecule has 0 radical (unpaired) electrons. The lowest BCUT2D eigenvalue weighted by Crippen LogP contribution is -1.70. The van der Waals surface area contributed by atoms with Gasteiger partial charge >= 0.3 is 0 Å². The molecule has 0 fully saturated rings. The summed E-state index contributed by atoms with van der Waals surface area (Å²) in [6.07, 6.45) is 1.95. The van der Waals surface area contributed by atoms with Gasteiger partial charge in [-0.25, -0.2) is 0 Å².